The third-order valence-corrected chi connectivity index (χ3v) is 2.50. The molecular weight excluding hydrogens is 212 g/mol. The van der Waals surface area contributed by atoms with Gasteiger partial charge in [-0.15, -0.1) is 0 Å². The summed E-state index contributed by atoms with van der Waals surface area (Å²) in [5, 5.41) is 2.83. The number of pyridine rings is 1. The largest absolute Gasteiger partial charge is 0.321 e. The number of carbonyl (C=O) groups is 1. The van der Waals surface area contributed by atoms with Gasteiger partial charge in [-0.25, -0.2) is 0 Å². The molecule has 0 fully saturated rings. The van der Waals surface area contributed by atoms with Crippen LogP contribution in [0.5, 0.6) is 0 Å². The Morgan fingerprint density at radius 2 is 2.00 bits per heavy atom. The Balaban J connectivity index is 2.13. The predicted molar refractivity (Wildman–Crippen MR) is 68.0 cm³/mol. The Morgan fingerprint density at radius 3 is 2.71 bits per heavy atom. The molecule has 3 nitrogen and oxygen atoms in total. The zero-order chi connectivity index (χ0) is 12.1. The van der Waals surface area contributed by atoms with Gasteiger partial charge in [0.2, 0.25) is 0 Å². The van der Waals surface area contributed by atoms with E-state index in [2.05, 4.69) is 17.2 Å². The Kier molecular flexibility index (Phi) is 3.50. The fourth-order valence-corrected chi connectivity index (χ4v) is 1.54. The molecule has 2 aromatic rings. The molecule has 1 heterocycles. The third-order valence-electron chi connectivity index (χ3n) is 2.50. The van der Waals surface area contributed by atoms with Crippen LogP contribution in [-0.4, -0.2) is 10.9 Å². The lowest BCUT2D eigenvalue weighted by Gasteiger charge is -2.05. The van der Waals surface area contributed by atoms with Crippen molar-refractivity contribution in [2.75, 3.05) is 5.32 Å². The summed E-state index contributed by atoms with van der Waals surface area (Å²) in [5.74, 6) is -0.111. The van der Waals surface area contributed by atoms with Gasteiger partial charge in [0.25, 0.3) is 5.91 Å². The Labute approximate surface area is 101 Å². The normalized spacial score (nSPS) is 9.94. The minimum Gasteiger partial charge on any atom is -0.321 e. The van der Waals surface area contributed by atoms with E-state index < -0.39 is 0 Å². The predicted octanol–water partition coefficient (Wildman–Crippen LogP) is 2.90. The van der Waals surface area contributed by atoms with Gasteiger partial charge < -0.3 is 5.32 Å². The molecule has 86 valence electrons. The number of aryl methyl sites for hydroxylation is 1. The number of hydrogen-bond donors (Lipinski definition) is 1. The van der Waals surface area contributed by atoms with Crippen molar-refractivity contribution in [1.82, 2.24) is 4.98 Å². The van der Waals surface area contributed by atoms with Crippen LogP contribution in [0.2, 0.25) is 0 Å². The van der Waals surface area contributed by atoms with Crippen LogP contribution in [0.4, 0.5) is 5.69 Å². The van der Waals surface area contributed by atoms with E-state index in [1.807, 2.05) is 24.3 Å². The van der Waals surface area contributed by atoms with E-state index in [1.165, 1.54) is 0 Å². The summed E-state index contributed by atoms with van der Waals surface area (Å²) >= 11 is 0. The standard InChI is InChI=1S/C14H14N2O/c1-2-11-8-13(10-15-9-11)16-14(17)12-6-4-3-5-7-12/h3-10H,2H2,1H3,(H,16,17). The highest BCUT2D eigenvalue weighted by atomic mass is 16.1. The van der Waals surface area contributed by atoms with Crippen LogP contribution < -0.4 is 5.32 Å². The van der Waals surface area contributed by atoms with Crippen molar-refractivity contribution >= 4 is 11.6 Å². The lowest BCUT2D eigenvalue weighted by molar-refractivity contribution is 0.102. The van der Waals surface area contributed by atoms with Crippen LogP contribution in [-0.2, 0) is 6.42 Å². The molecule has 0 aliphatic carbocycles. The summed E-state index contributed by atoms with van der Waals surface area (Å²) in [6.45, 7) is 2.06. The molecule has 1 aromatic heterocycles. The van der Waals surface area contributed by atoms with Gasteiger partial charge in [0, 0.05) is 11.8 Å². The van der Waals surface area contributed by atoms with Crippen molar-refractivity contribution in [1.29, 1.82) is 0 Å². The summed E-state index contributed by atoms with van der Waals surface area (Å²) in [7, 11) is 0. The van der Waals surface area contributed by atoms with Gasteiger partial charge in [0.05, 0.1) is 11.9 Å². The number of nitrogens with zero attached hydrogens (tertiary/aromatic N) is 1. The zero-order valence-electron chi connectivity index (χ0n) is 9.68. The maximum Gasteiger partial charge on any atom is 0.255 e. The van der Waals surface area contributed by atoms with Crippen LogP contribution in [0, 0.1) is 0 Å². The van der Waals surface area contributed by atoms with Gasteiger partial charge in [0.15, 0.2) is 0 Å². The lowest BCUT2D eigenvalue weighted by atomic mass is 10.2. The highest BCUT2D eigenvalue weighted by molar-refractivity contribution is 6.04. The molecular formula is C14H14N2O. The first kappa shape index (κ1) is 11.3. The van der Waals surface area contributed by atoms with Crippen molar-refractivity contribution in [2.45, 2.75) is 13.3 Å². The van der Waals surface area contributed by atoms with Crippen LogP contribution in [0.3, 0.4) is 0 Å². The smallest absolute Gasteiger partial charge is 0.255 e. The Morgan fingerprint density at radius 1 is 1.24 bits per heavy atom. The van der Waals surface area contributed by atoms with E-state index in [1.54, 1.807) is 24.5 Å². The summed E-state index contributed by atoms with van der Waals surface area (Å²) in [6.07, 6.45) is 4.36. The van der Waals surface area contributed by atoms with Crippen LogP contribution in [0.15, 0.2) is 48.8 Å². The summed E-state index contributed by atoms with van der Waals surface area (Å²) in [4.78, 5) is 16.0. The van der Waals surface area contributed by atoms with E-state index in [-0.39, 0.29) is 5.91 Å². The Bertz CT molecular complexity index is 509. The molecule has 1 amide bonds. The van der Waals surface area contributed by atoms with Gasteiger partial charge in [-0.1, -0.05) is 25.1 Å². The molecule has 0 atom stereocenters. The lowest BCUT2D eigenvalue weighted by Crippen LogP contribution is -2.11. The molecule has 1 aromatic carbocycles. The summed E-state index contributed by atoms with van der Waals surface area (Å²) < 4.78 is 0. The second-order valence-corrected chi connectivity index (χ2v) is 3.76. The number of anilines is 1. The zero-order valence-corrected chi connectivity index (χ0v) is 9.68. The molecule has 3 heteroatoms. The average Bonchev–Trinajstić information content (AvgIpc) is 2.40. The van der Waals surface area contributed by atoms with Gasteiger partial charge in [-0.3, -0.25) is 9.78 Å². The maximum absolute atomic E-state index is 11.9. The summed E-state index contributed by atoms with van der Waals surface area (Å²) in [6, 6.07) is 11.1. The quantitative estimate of drug-likeness (QED) is 0.874. The van der Waals surface area contributed by atoms with Gasteiger partial charge in [0.1, 0.15) is 0 Å². The summed E-state index contributed by atoms with van der Waals surface area (Å²) in [5.41, 5.74) is 2.49. The minimum absolute atomic E-state index is 0.111. The number of rotatable bonds is 3. The van der Waals surface area contributed by atoms with Crippen molar-refractivity contribution in [3.8, 4) is 0 Å². The highest BCUT2D eigenvalue weighted by Gasteiger charge is 2.05. The SMILES string of the molecule is CCc1cncc(NC(=O)c2ccccc2)c1. The molecule has 0 radical (unpaired) electrons. The molecule has 1 N–H and O–H groups in total. The van der Waals surface area contributed by atoms with Crippen molar-refractivity contribution in [2.24, 2.45) is 0 Å². The average molecular weight is 226 g/mol. The van der Waals surface area contributed by atoms with E-state index in [4.69, 9.17) is 0 Å². The monoisotopic (exact) mass is 226 g/mol. The molecule has 0 saturated heterocycles. The Hall–Kier alpha value is -2.16. The van der Waals surface area contributed by atoms with Crippen molar-refractivity contribution in [3.05, 3.63) is 59.9 Å². The number of hydrogen-bond acceptors (Lipinski definition) is 2. The van der Waals surface area contributed by atoms with Gasteiger partial charge >= 0.3 is 0 Å². The van der Waals surface area contributed by atoms with E-state index in [0.29, 0.717) is 5.56 Å². The topological polar surface area (TPSA) is 42.0 Å². The molecule has 0 aliphatic rings. The third kappa shape index (κ3) is 2.91. The molecule has 2 rings (SSSR count). The first-order valence-corrected chi connectivity index (χ1v) is 5.60. The molecule has 0 bridgehead atoms. The number of benzene rings is 1. The van der Waals surface area contributed by atoms with E-state index in [0.717, 1.165) is 17.7 Å². The van der Waals surface area contributed by atoms with Crippen LogP contribution in [0.25, 0.3) is 0 Å². The van der Waals surface area contributed by atoms with Gasteiger partial charge in [-0.05, 0) is 30.2 Å². The molecule has 0 saturated carbocycles. The molecule has 0 unspecified atom stereocenters. The molecule has 0 aliphatic heterocycles. The minimum atomic E-state index is -0.111. The number of aromatic nitrogens is 1. The first-order chi connectivity index (χ1) is 8.29. The highest BCUT2D eigenvalue weighted by Crippen LogP contribution is 2.10. The van der Waals surface area contributed by atoms with Gasteiger partial charge in [-0.2, -0.15) is 0 Å². The van der Waals surface area contributed by atoms with E-state index >= 15 is 0 Å². The number of amides is 1. The number of carbonyl (C=O) groups excluding carboxylic acids is 1. The van der Waals surface area contributed by atoms with Crippen molar-refractivity contribution < 1.29 is 4.79 Å². The maximum atomic E-state index is 11.9. The molecule has 0 spiro atoms. The van der Waals surface area contributed by atoms with Crippen LogP contribution >= 0.6 is 0 Å². The number of nitrogens with one attached hydrogen (secondary N) is 1. The second-order valence-electron chi connectivity index (χ2n) is 3.76. The van der Waals surface area contributed by atoms with E-state index in [9.17, 15) is 4.79 Å². The second kappa shape index (κ2) is 5.25. The fourth-order valence-electron chi connectivity index (χ4n) is 1.54. The fraction of sp³-hybridized carbons (Fsp3) is 0.143. The first-order valence-electron chi connectivity index (χ1n) is 5.60. The molecule has 17 heavy (non-hydrogen) atoms. The van der Waals surface area contributed by atoms with Crippen molar-refractivity contribution in [3.63, 3.8) is 0 Å². The van der Waals surface area contributed by atoms with Crippen LogP contribution in [0.1, 0.15) is 22.8 Å².